The van der Waals surface area contributed by atoms with E-state index in [1.54, 1.807) is 21.8 Å². The number of hydrogen-bond donors (Lipinski definition) is 1. The van der Waals surface area contributed by atoms with Crippen molar-refractivity contribution in [1.82, 2.24) is 15.1 Å². The Kier molecular flexibility index (Phi) is 7.33. The van der Waals surface area contributed by atoms with Crippen LogP contribution in [-0.2, 0) is 16.1 Å². The molecular weight excluding hydrogens is 490 g/mol. The van der Waals surface area contributed by atoms with Gasteiger partial charge in [-0.1, -0.05) is 62.7 Å². The van der Waals surface area contributed by atoms with Gasteiger partial charge in [-0.15, -0.1) is 0 Å². The summed E-state index contributed by atoms with van der Waals surface area (Å²) >= 11 is 0. The van der Waals surface area contributed by atoms with Gasteiger partial charge in [-0.2, -0.15) is 5.10 Å². The molecule has 0 fully saturated rings. The Morgan fingerprint density at radius 1 is 1.10 bits per heavy atom. The molecule has 0 saturated heterocycles. The van der Waals surface area contributed by atoms with E-state index in [0.717, 1.165) is 29.3 Å². The summed E-state index contributed by atoms with van der Waals surface area (Å²) in [4.78, 5) is 32.3. The van der Waals surface area contributed by atoms with Gasteiger partial charge in [0.25, 0.3) is 5.91 Å². The highest BCUT2D eigenvalue weighted by Gasteiger charge is 2.38. The highest BCUT2D eigenvalue weighted by molar-refractivity contribution is 6.02. The van der Waals surface area contributed by atoms with Crippen LogP contribution in [0.4, 0.5) is 11.4 Å². The maximum Gasteiger partial charge on any atom is 0.253 e. The average Bonchev–Trinajstić information content (AvgIpc) is 3.36. The first kappa shape index (κ1) is 26.0. The van der Waals surface area contributed by atoms with Crippen LogP contribution < -0.4 is 15.0 Å². The molecule has 0 bridgehead atoms. The maximum absolute atomic E-state index is 14.1. The fraction of sp³-hybridized carbons (Fsp3) is 0.290. The first-order valence-corrected chi connectivity index (χ1v) is 13.2. The number of rotatable bonds is 7. The predicted molar refractivity (Wildman–Crippen MR) is 151 cm³/mol. The molecule has 0 radical (unpaired) electrons. The number of hydrogen-bond acceptors (Lipinski definition) is 4. The van der Waals surface area contributed by atoms with Gasteiger partial charge in [-0.25, -0.2) is 9.53 Å². The van der Waals surface area contributed by atoms with E-state index in [9.17, 15) is 9.59 Å². The van der Waals surface area contributed by atoms with Gasteiger partial charge in [0.15, 0.2) is 0 Å². The lowest BCUT2D eigenvalue weighted by Crippen LogP contribution is -2.54. The topological polar surface area (TPSA) is 80.8 Å². The quantitative estimate of drug-likeness (QED) is 0.311. The van der Waals surface area contributed by atoms with Crippen molar-refractivity contribution in [2.45, 2.75) is 52.3 Å². The van der Waals surface area contributed by atoms with Crippen LogP contribution in [0.1, 0.15) is 39.2 Å². The van der Waals surface area contributed by atoms with Crippen LogP contribution in [-0.4, -0.2) is 33.7 Å². The van der Waals surface area contributed by atoms with Crippen molar-refractivity contribution in [3.05, 3.63) is 89.9 Å². The maximum atomic E-state index is 14.1. The Morgan fingerprint density at radius 2 is 1.85 bits per heavy atom. The summed E-state index contributed by atoms with van der Waals surface area (Å²) in [6, 6.07) is 19.8. The number of aromatic nitrogens is 2. The number of fused-ring (bicyclic) bond motifs is 2. The van der Waals surface area contributed by atoms with Crippen LogP contribution in [0.3, 0.4) is 0 Å². The summed E-state index contributed by atoms with van der Waals surface area (Å²) in [6.07, 6.45) is 2.85. The van der Waals surface area contributed by atoms with E-state index >= 15 is 0 Å². The molecule has 1 aliphatic rings. The van der Waals surface area contributed by atoms with Gasteiger partial charge in [0.1, 0.15) is 17.9 Å². The fourth-order valence-corrected chi connectivity index (χ4v) is 5.09. The van der Waals surface area contributed by atoms with Crippen LogP contribution >= 0.6 is 0 Å². The van der Waals surface area contributed by atoms with Gasteiger partial charge >= 0.3 is 0 Å². The van der Waals surface area contributed by atoms with E-state index in [-0.39, 0.29) is 24.3 Å². The van der Waals surface area contributed by atoms with Crippen LogP contribution in [0.2, 0.25) is 0 Å². The van der Waals surface area contributed by atoms with E-state index < -0.39 is 12.1 Å². The number of anilines is 1. The van der Waals surface area contributed by atoms with Gasteiger partial charge < -0.3 is 15.0 Å². The number of carbonyl (C=O) groups excluding carboxylic acids is 2. The van der Waals surface area contributed by atoms with Crippen molar-refractivity contribution < 1.29 is 14.3 Å². The minimum atomic E-state index is -0.836. The van der Waals surface area contributed by atoms with Crippen LogP contribution in [0.25, 0.3) is 21.4 Å². The Labute approximate surface area is 228 Å². The summed E-state index contributed by atoms with van der Waals surface area (Å²) in [7, 11) is 0. The second-order valence-electron chi connectivity index (χ2n) is 9.90. The van der Waals surface area contributed by atoms with Gasteiger partial charge in [0.05, 0.1) is 36.2 Å². The number of ether oxygens (including phenoxy) is 1. The molecule has 4 aromatic rings. The van der Waals surface area contributed by atoms with Crippen molar-refractivity contribution in [2.24, 2.45) is 5.92 Å². The molecule has 198 valence electrons. The number of benzene rings is 3. The van der Waals surface area contributed by atoms with E-state index in [1.165, 1.54) is 0 Å². The van der Waals surface area contributed by atoms with Crippen molar-refractivity contribution >= 4 is 34.1 Å². The summed E-state index contributed by atoms with van der Waals surface area (Å²) in [5.74, 6) is 0.00297. The highest BCUT2D eigenvalue weighted by Crippen LogP contribution is 2.35. The molecule has 3 atom stereocenters. The molecule has 0 aliphatic carbocycles. The van der Waals surface area contributed by atoms with Crippen LogP contribution in [0.5, 0.6) is 5.75 Å². The molecular formula is C31H31N5O3. The molecule has 8 heteroatoms. The Hall–Kier alpha value is -4.64. The summed E-state index contributed by atoms with van der Waals surface area (Å²) in [5, 5.41) is 8.44. The number of amides is 2. The largest absolute Gasteiger partial charge is 0.486 e. The molecule has 1 N–H and O–H groups in total. The van der Waals surface area contributed by atoms with Crippen molar-refractivity contribution in [2.75, 3.05) is 4.90 Å². The first-order valence-electron chi connectivity index (χ1n) is 13.2. The predicted octanol–water partition coefficient (Wildman–Crippen LogP) is 5.81. The zero-order valence-electron chi connectivity index (χ0n) is 22.3. The third-order valence-corrected chi connectivity index (χ3v) is 7.20. The molecule has 8 nitrogen and oxygen atoms in total. The molecule has 0 unspecified atom stereocenters. The molecule has 2 heterocycles. The van der Waals surface area contributed by atoms with E-state index in [0.29, 0.717) is 22.8 Å². The smallest absolute Gasteiger partial charge is 0.253 e. The Morgan fingerprint density at radius 3 is 2.62 bits per heavy atom. The lowest BCUT2D eigenvalue weighted by Gasteiger charge is -2.27. The lowest BCUT2D eigenvalue weighted by molar-refractivity contribution is -0.131. The number of nitrogens with one attached hydrogen (secondary N) is 1. The standard InChI is InChI=1S/C31H31N5O3/c1-5-11-20(2)30(37)34-29-21(3)39-28-17-9-8-15-27(28)35(31(29)38)19-22-12-10-16-25-23(22)18-33-36(25)26-14-7-6-13-24(26)32-4/h6-10,12-18,20-21,29H,5,11,19H2,1-3H3,(H,34,37)/t20-,21+,29+/m1/s1. The molecule has 5 rings (SSSR count). The van der Waals surface area contributed by atoms with Gasteiger partial charge in [0.2, 0.25) is 11.6 Å². The van der Waals surface area contributed by atoms with Crippen molar-refractivity contribution in [1.29, 1.82) is 0 Å². The Bertz CT molecular complexity index is 1570. The molecule has 39 heavy (non-hydrogen) atoms. The normalized spacial score (nSPS) is 17.6. The second-order valence-corrected chi connectivity index (χ2v) is 9.90. The van der Waals surface area contributed by atoms with Crippen molar-refractivity contribution in [3.63, 3.8) is 0 Å². The molecule has 0 saturated carbocycles. The van der Waals surface area contributed by atoms with Gasteiger partial charge in [-0.05, 0) is 43.2 Å². The highest BCUT2D eigenvalue weighted by atomic mass is 16.5. The molecule has 1 aliphatic heterocycles. The summed E-state index contributed by atoms with van der Waals surface area (Å²) < 4.78 is 7.96. The van der Waals surface area contributed by atoms with Crippen molar-refractivity contribution in [3.8, 4) is 11.4 Å². The first-order chi connectivity index (χ1) is 18.9. The SMILES string of the molecule is [C-]#[N+]c1ccccc1-n1ncc2c(CN3C(=O)[C@@H](NC(=O)[C@H](C)CCC)[C@H](C)Oc4ccccc43)cccc21. The zero-order chi connectivity index (χ0) is 27.5. The molecule has 3 aromatic carbocycles. The van der Waals surface area contributed by atoms with Crippen LogP contribution in [0, 0.1) is 12.5 Å². The van der Waals surface area contributed by atoms with Crippen LogP contribution in [0.15, 0.2) is 72.9 Å². The third-order valence-electron chi connectivity index (χ3n) is 7.20. The molecule has 1 aromatic heterocycles. The second kappa shape index (κ2) is 11.0. The van der Waals surface area contributed by atoms with E-state index in [2.05, 4.69) is 15.3 Å². The minimum Gasteiger partial charge on any atom is -0.486 e. The lowest BCUT2D eigenvalue weighted by atomic mass is 10.0. The number of para-hydroxylation sites is 4. The Balaban J connectivity index is 1.54. The zero-order valence-corrected chi connectivity index (χ0v) is 22.3. The summed E-state index contributed by atoms with van der Waals surface area (Å²) in [5.41, 5.74) is 3.58. The molecule has 2 amide bonds. The van der Waals surface area contributed by atoms with E-state index in [4.69, 9.17) is 11.3 Å². The average molecular weight is 522 g/mol. The monoisotopic (exact) mass is 521 g/mol. The van der Waals surface area contributed by atoms with Gasteiger partial charge in [-0.3, -0.25) is 9.59 Å². The van der Waals surface area contributed by atoms with Gasteiger partial charge in [0, 0.05) is 11.3 Å². The summed E-state index contributed by atoms with van der Waals surface area (Å²) in [6.45, 7) is 13.5. The molecule has 0 spiro atoms. The van der Waals surface area contributed by atoms with E-state index in [1.807, 2.05) is 81.4 Å². The third kappa shape index (κ3) is 4.96. The fourth-order valence-electron chi connectivity index (χ4n) is 5.09. The number of carbonyl (C=O) groups is 2. The number of nitrogens with zero attached hydrogens (tertiary/aromatic N) is 4. The minimum absolute atomic E-state index is 0.154.